The summed E-state index contributed by atoms with van der Waals surface area (Å²) in [6.45, 7) is 1.24. The van der Waals surface area contributed by atoms with Crippen LogP contribution in [0.3, 0.4) is 0 Å². The largest absolute Gasteiger partial charge is 0.359 e. The summed E-state index contributed by atoms with van der Waals surface area (Å²) < 4.78 is 0. The molecule has 1 aliphatic heterocycles. The molecule has 2 aromatic rings. The van der Waals surface area contributed by atoms with Crippen LogP contribution in [0.2, 0.25) is 0 Å². The van der Waals surface area contributed by atoms with Gasteiger partial charge in [0.15, 0.2) is 0 Å². The van der Waals surface area contributed by atoms with Gasteiger partial charge >= 0.3 is 0 Å². The van der Waals surface area contributed by atoms with Crippen molar-refractivity contribution in [3.63, 3.8) is 0 Å². The third-order valence-electron chi connectivity index (χ3n) is 4.14. The van der Waals surface area contributed by atoms with Crippen LogP contribution < -0.4 is 5.32 Å². The quantitative estimate of drug-likeness (QED) is 0.940. The van der Waals surface area contributed by atoms with Crippen LogP contribution >= 0.6 is 11.3 Å². The van der Waals surface area contributed by atoms with Crippen LogP contribution in [0.15, 0.2) is 36.5 Å². The van der Waals surface area contributed by atoms with E-state index in [-0.39, 0.29) is 17.7 Å². The fourth-order valence-electron chi connectivity index (χ4n) is 2.79. The van der Waals surface area contributed by atoms with Crippen molar-refractivity contribution in [2.75, 3.05) is 20.1 Å². The van der Waals surface area contributed by atoms with Gasteiger partial charge in [-0.3, -0.25) is 9.59 Å². The number of rotatable bonds is 3. The lowest BCUT2D eigenvalue weighted by molar-refractivity contribution is -0.125. The molecule has 5 nitrogen and oxygen atoms in total. The number of nitrogens with zero attached hydrogens (tertiary/aromatic N) is 2. The molecule has 1 N–H and O–H groups in total. The average Bonchev–Trinajstić information content (AvgIpc) is 3.11. The van der Waals surface area contributed by atoms with Crippen molar-refractivity contribution >= 4 is 23.2 Å². The zero-order valence-corrected chi connectivity index (χ0v) is 13.8. The van der Waals surface area contributed by atoms with Gasteiger partial charge in [0.05, 0.1) is 6.20 Å². The minimum atomic E-state index is 0.0139. The number of hydrogen-bond acceptors (Lipinski definition) is 4. The van der Waals surface area contributed by atoms with Crippen molar-refractivity contribution in [1.82, 2.24) is 15.2 Å². The molecule has 0 radical (unpaired) electrons. The van der Waals surface area contributed by atoms with E-state index in [1.165, 1.54) is 11.3 Å². The number of benzene rings is 1. The molecule has 0 spiro atoms. The second-order valence-corrected chi connectivity index (χ2v) is 6.61. The molecule has 0 aliphatic carbocycles. The number of aromatic nitrogens is 1. The van der Waals surface area contributed by atoms with Crippen LogP contribution in [-0.4, -0.2) is 41.8 Å². The van der Waals surface area contributed by atoms with Crippen molar-refractivity contribution in [1.29, 1.82) is 0 Å². The lowest BCUT2D eigenvalue weighted by Gasteiger charge is -2.30. The van der Waals surface area contributed by atoms with Gasteiger partial charge in [0.25, 0.3) is 5.91 Å². The molecule has 2 amide bonds. The monoisotopic (exact) mass is 329 g/mol. The normalized spacial score (nSPS) is 15.4. The number of hydrogen-bond donors (Lipinski definition) is 1. The van der Waals surface area contributed by atoms with Gasteiger partial charge in [-0.25, -0.2) is 4.98 Å². The standard InChI is InChI=1S/C17H19N3O2S/c1-18-15(21)12-7-9-20(10-8-12)17(22)14-11-19-16(23-14)13-5-3-2-4-6-13/h2-6,11-12H,7-10H2,1H3,(H,18,21). The van der Waals surface area contributed by atoms with E-state index >= 15 is 0 Å². The minimum absolute atomic E-state index is 0.0139. The summed E-state index contributed by atoms with van der Waals surface area (Å²) in [7, 11) is 1.66. The molecule has 1 saturated heterocycles. The van der Waals surface area contributed by atoms with Gasteiger partial charge in [-0.05, 0) is 12.8 Å². The topological polar surface area (TPSA) is 62.3 Å². The number of likely N-dealkylation sites (tertiary alicyclic amines) is 1. The molecule has 0 unspecified atom stereocenters. The second kappa shape index (κ2) is 6.91. The SMILES string of the molecule is CNC(=O)C1CCN(C(=O)c2cnc(-c3ccccc3)s2)CC1. The third kappa shape index (κ3) is 3.42. The maximum absolute atomic E-state index is 12.6. The molecule has 1 aromatic carbocycles. The van der Waals surface area contributed by atoms with Crippen molar-refractivity contribution in [3.8, 4) is 10.6 Å². The van der Waals surface area contributed by atoms with E-state index in [4.69, 9.17) is 0 Å². The van der Waals surface area contributed by atoms with E-state index in [1.807, 2.05) is 35.2 Å². The maximum atomic E-state index is 12.6. The fourth-order valence-corrected chi connectivity index (χ4v) is 3.68. The summed E-state index contributed by atoms with van der Waals surface area (Å²) in [6, 6.07) is 9.85. The molecule has 6 heteroatoms. The van der Waals surface area contributed by atoms with Crippen LogP contribution in [0.4, 0.5) is 0 Å². The van der Waals surface area contributed by atoms with E-state index in [0.717, 1.165) is 23.4 Å². The molecule has 0 atom stereocenters. The predicted octanol–water partition coefficient (Wildman–Crippen LogP) is 2.41. The van der Waals surface area contributed by atoms with E-state index in [0.29, 0.717) is 18.0 Å². The molecule has 1 aromatic heterocycles. The Bertz CT molecular complexity index is 691. The van der Waals surface area contributed by atoms with Gasteiger partial charge in [0.1, 0.15) is 9.88 Å². The van der Waals surface area contributed by atoms with Crippen molar-refractivity contribution < 1.29 is 9.59 Å². The Balaban J connectivity index is 1.66. The summed E-state index contributed by atoms with van der Waals surface area (Å²) in [5.41, 5.74) is 1.02. The van der Waals surface area contributed by atoms with E-state index in [9.17, 15) is 9.59 Å². The molecule has 120 valence electrons. The summed E-state index contributed by atoms with van der Waals surface area (Å²) in [5.74, 6) is 0.103. The lowest BCUT2D eigenvalue weighted by Crippen LogP contribution is -2.42. The van der Waals surface area contributed by atoms with E-state index in [1.54, 1.807) is 13.2 Å². The first kappa shape index (κ1) is 15.7. The Morgan fingerprint density at radius 1 is 1.22 bits per heavy atom. The number of thiazole rings is 1. The third-order valence-corrected chi connectivity index (χ3v) is 5.17. The first-order valence-electron chi connectivity index (χ1n) is 7.71. The number of nitrogens with one attached hydrogen (secondary N) is 1. The first-order chi connectivity index (χ1) is 11.2. The molecule has 2 heterocycles. The number of amides is 2. The molecule has 0 bridgehead atoms. The highest BCUT2D eigenvalue weighted by atomic mass is 32.1. The highest BCUT2D eigenvalue weighted by Crippen LogP contribution is 2.27. The second-order valence-electron chi connectivity index (χ2n) is 5.58. The first-order valence-corrected chi connectivity index (χ1v) is 8.53. The zero-order valence-electron chi connectivity index (χ0n) is 13.0. The van der Waals surface area contributed by atoms with Gasteiger partial charge < -0.3 is 10.2 Å². The predicted molar refractivity (Wildman–Crippen MR) is 90.2 cm³/mol. The van der Waals surface area contributed by atoms with Crippen LogP contribution in [0, 0.1) is 5.92 Å². The van der Waals surface area contributed by atoms with Crippen LogP contribution in [0.5, 0.6) is 0 Å². The number of piperidine rings is 1. The lowest BCUT2D eigenvalue weighted by atomic mass is 9.96. The molecule has 3 rings (SSSR count). The fraction of sp³-hybridized carbons (Fsp3) is 0.353. The van der Waals surface area contributed by atoms with E-state index < -0.39 is 0 Å². The number of carbonyl (C=O) groups is 2. The summed E-state index contributed by atoms with van der Waals surface area (Å²) in [5, 5.41) is 3.54. The van der Waals surface area contributed by atoms with Gasteiger partial charge in [-0.15, -0.1) is 11.3 Å². The Morgan fingerprint density at radius 3 is 2.57 bits per heavy atom. The Morgan fingerprint density at radius 2 is 1.91 bits per heavy atom. The van der Waals surface area contributed by atoms with Crippen LogP contribution in [-0.2, 0) is 4.79 Å². The smallest absolute Gasteiger partial charge is 0.265 e. The minimum Gasteiger partial charge on any atom is -0.359 e. The molecule has 0 saturated carbocycles. The summed E-state index contributed by atoms with van der Waals surface area (Å²) in [4.78, 5) is 31.1. The molecule has 23 heavy (non-hydrogen) atoms. The summed E-state index contributed by atoms with van der Waals surface area (Å²) >= 11 is 1.42. The maximum Gasteiger partial charge on any atom is 0.265 e. The van der Waals surface area contributed by atoms with Crippen LogP contribution in [0.25, 0.3) is 10.6 Å². The Hall–Kier alpha value is -2.21. The van der Waals surface area contributed by atoms with Gasteiger partial charge in [-0.1, -0.05) is 30.3 Å². The number of carbonyl (C=O) groups excluding carboxylic acids is 2. The van der Waals surface area contributed by atoms with Crippen molar-refractivity contribution in [2.24, 2.45) is 5.92 Å². The zero-order chi connectivity index (χ0) is 16.2. The Labute approximate surface area is 139 Å². The van der Waals surface area contributed by atoms with Gasteiger partial charge in [-0.2, -0.15) is 0 Å². The highest BCUT2D eigenvalue weighted by Gasteiger charge is 2.28. The Kier molecular flexibility index (Phi) is 4.71. The average molecular weight is 329 g/mol. The van der Waals surface area contributed by atoms with Crippen molar-refractivity contribution in [2.45, 2.75) is 12.8 Å². The molecular weight excluding hydrogens is 310 g/mol. The van der Waals surface area contributed by atoms with Crippen molar-refractivity contribution in [3.05, 3.63) is 41.4 Å². The van der Waals surface area contributed by atoms with E-state index in [2.05, 4.69) is 10.3 Å². The van der Waals surface area contributed by atoms with Crippen LogP contribution in [0.1, 0.15) is 22.5 Å². The van der Waals surface area contributed by atoms with Gasteiger partial charge in [0, 0.05) is 31.6 Å². The highest BCUT2D eigenvalue weighted by molar-refractivity contribution is 7.16. The van der Waals surface area contributed by atoms with Gasteiger partial charge in [0.2, 0.25) is 5.91 Å². The molecule has 1 aliphatic rings. The molecular formula is C17H19N3O2S. The summed E-state index contributed by atoms with van der Waals surface area (Å²) in [6.07, 6.45) is 3.09. The molecule has 1 fully saturated rings.